The lowest BCUT2D eigenvalue weighted by molar-refractivity contribution is -0.128. The quantitative estimate of drug-likeness (QED) is 0.678. The number of carbonyl (C=O) groups excluding carboxylic acids is 1. The van der Waals surface area contributed by atoms with E-state index in [4.69, 9.17) is 5.73 Å². The van der Waals surface area contributed by atoms with Crippen LogP contribution in [0.3, 0.4) is 0 Å². The predicted octanol–water partition coefficient (Wildman–Crippen LogP) is 2.51. The average molecular weight is 274 g/mol. The molecule has 0 aliphatic carbocycles. The van der Waals surface area contributed by atoms with Gasteiger partial charge in [0, 0.05) is 18.8 Å². The van der Waals surface area contributed by atoms with Crippen molar-refractivity contribution >= 4 is 23.4 Å². The standard InChI is InChI=1S/C12H16F2N2OS/c1-7(2)16(3)11(17)6-18-12-9(13)4-8(15)5-10(12)14/h4-5,7H,6,15H2,1-3H3. The number of halogens is 2. The van der Waals surface area contributed by atoms with Crippen LogP contribution < -0.4 is 5.73 Å². The van der Waals surface area contributed by atoms with Gasteiger partial charge in [-0.1, -0.05) is 0 Å². The SMILES string of the molecule is CC(C)N(C)C(=O)CSc1c(F)cc(N)cc1F. The number of amides is 1. The van der Waals surface area contributed by atoms with E-state index in [0.29, 0.717) is 0 Å². The summed E-state index contributed by atoms with van der Waals surface area (Å²) in [6.45, 7) is 3.74. The summed E-state index contributed by atoms with van der Waals surface area (Å²) in [5.74, 6) is -1.66. The van der Waals surface area contributed by atoms with E-state index in [1.165, 1.54) is 4.90 Å². The Morgan fingerprint density at radius 1 is 1.39 bits per heavy atom. The molecular formula is C12H16F2N2OS. The van der Waals surface area contributed by atoms with Gasteiger partial charge in [0.15, 0.2) is 0 Å². The van der Waals surface area contributed by atoms with Crippen LogP contribution in [0.2, 0.25) is 0 Å². The summed E-state index contributed by atoms with van der Waals surface area (Å²) in [7, 11) is 1.66. The molecule has 3 nitrogen and oxygen atoms in total. The van der Waals surface area contributed by atoms with Crippen LogP contribution in [0.1, 0.15) is 13.8 Å². The van der Waals surface area contributed by atoms with Gasteiger partial charge in [-0.3, -0.25) is 4.79 Å². The number of nitrogen functional groups attached to an aromatic ring is 1. The van der Waals surface area contributed by atoms with Crippen LogP contribution in [0.25, 0.3) is 0 Å². The molecule has 1 amide bonds. The number of rotatable bonds is 4. The van der Waals surface area contributed by atoms with E-state index in [-0.39, 0.29) is 28.3 Å². The molecule has 0 bridgehead atoms. The highest BCUT2D eigenvalue weighted by Gasteiger charge is 2.16. The van der Waals surface area contributed by atoms with Crippen LogP contribution in [-0.4, -0.2) is 29.6 Å². The highest BCUT2D eigenvalue weighted by atomic mass is 32.2. The monoisotopic (exact) mass is 274 g/mol. The number of hydrogen-bond acceptors (Lipinski definition) is 3. The van der Waals surface area contributed by atoms with Crippen molar-refractivity contribution in [2.45, 2.75) is 24.8 Å². The molecule has 0 atom stereocenters. The van der Waals surface area contributed by atoms with Crippen molar-refractivity contribution in [1.29, 1.82) is 0 Å². The molecule has 0 aromatic heterocycles. The Balaban J connectivity index is 2.73. The molecule has 1 aromatic rings. The number of hydrogen-bond donors (Lipinski definition) is 1. The second kappa shape index (κ2) is 6.04. The van der Waals surface area contributed by atoms with E-state index < -0.39 is 11.6 Å². The fourth-order valence-corrected chi connectivity index (χ4v) is 2.11. The van der Waals surface area contributed by atoms with E-state index >= 15 is 0 Å². The molecule has 0 aliphatic heterocycles. The van der Waals surface area contributed by atoms with Gasteiger partial charge in [0.25, 0.3) is 0 Å². The molecule has 0 spiro atoms. The van der Waals surface area contributed by atoms with Gasteiger partial charge in [-0.25, -0.2) is 8.78 Å². The number of nitrogens with zero attached hydrogens (tertiary/aromatic N) is 1. The molecule has 0 fully saturated rings. The molecule has 0 saturated heterocycles. The Morgan fingerprint density at radius 3 is 2.33 bits per heavy atom. The topological polar surface area (TPSA) is 46.3 Å². The zero-order valence-corrected chi connectivity index (χ0v) is 11.4. The number of benzene rings is 1. The van der Waals surface area contributed by atoms with Crippen LogP contribution in [0.4, 0.5) is 14.5 Å². The van der Waals surface area contributed by atoms with Gasteiger partial charge < -0.3 is 10.6 Å². The summed E-state index contributed by atoms with van der Waals surface area (Å²) in [4.78, 5) is 13.0. The van der Waals surface area contributed by atoms with Crippen molar-refractivity contribution < 1.29 is 13.6 Å². The van der Waals surface area contributed by atoms with E-state index in [2.05, 4.69) is 0 Å². The Bertz CT molecular complexity index is 429. The molecule has 2 N–H and O–H groups in total. The fourth-order valence-electron chi connectivity index (χ4n) is 1.24. The summed E-state index contributed by atoms with van der Waals surface area (Å²) in [6, 6.07) is 2.14. The lowest BCUT2D eigenvalue weighted by Gasteiger charge is -2.21. The first-order valence-corrected chi connectivity index (χ1v) is 6.44. The lowest BCUT2D eigenvalue weighted by Crippen LogP contribution is -2.34. The summed E-state index contributed by atoms with van der Waals surface area (Å²) in [6.07, 6.45) is 0. The van der Waals surface area contributed by atoms with Crippen LogP contribution in [0.15, 0.2) is 17.0 Å². The molecule has 18 heavy (non-hydrogen) atoms. The maximum atomic E-state index is 13.5. The van der Waals surface area contributed by atoms with Crippen molar-refractivity contribution in [2.24, 2.45) is 0 Å². The Hall–Kier alpha value is -1.30. The first kappa shape index (κ1) is 14.8. The molecule has 100 valence electrons. The van der Waals surface area contributed by atoms with Crippen molar-refractivity contribution in [1.82, 2.24) is 4.90 Å². The molecular weight excluding hydrogens is 258 g/mol. The molecule has 6 heteroatoms. The smallest absolute Gasteiger partial charge is 0.232 e. The first-order chi connectivity index (χ1) is 8.32. The third-order valence-corrected chi connectivity index (χ3v) is 3.60. The van der Waals surface area contributed by atoms with Gasteiger partial charge >= 0.3 is 0 Å². The summed E-state index contributed by atoms with van der Waals surface area (Å²) in [5.41, 5.74) is 5.34. The third kappa shape index (κ3) is 3.60. The molecule has 0 aliphatic rings. The zero-order valence-electron chi connectivity index (χ0n) is 10.5. The third-order valence-electron chi connectivity index (χ3n) is 2.53. The van der Waals surface area contributed by atoms with Crippen LogP contribution in [0.5, 0.6) is 0 Å². The van der Waals surface area contributed by atoms with E-state index in [1.54, 1.807) is 7.05 Å². The first-order valence-electron chi connectivity index (χ1n) is 5.46. The minimum Gasteiger partial charge on any atom is -0.399 e. The molecule has 0 radical (unpaired) electrons. The second-order valence-corrected chi connectivity index (χ2v) is 5.19. The van der Waals surface area contributed by atoms with Gasteiger partial charge in [-0.2, -0.15) is 0 Å². The van der Waals surface area contributed by atoms with Gasteiger partial charge in [0.1, 0.15) is 11.6 Å². The minimum atomic E-state index is -0.738. The van der Waals surface area contributed by atoms with E-state index in [0.717, 1.165) is 23.9 Å². The fraction of sp³-hybridized carbons (Fsp3) is 0.417. The number of nitrogens with two attached hydrogens (primary N) is 1. The maximum Gasteiger partial charge on any atom is 0.232 e. The molecule has 1 aromatic carbocycles. The summed E-state index contributed by atoms with van der Waals surface area (Å²) >= 11 is 0.839. The number of thioether (sulfide) groups is 1. The largest absolute Gasteiger partial charge is 0.399 e. The van der Waals surface area contributed by atoms with E-state index in [1.807, 2.05) is 13.8 Å². The maximum absolute atomic E-state index is 13.5. The highest BCUT2D eigenvalue weighted by molar-refractivity contribution is 8.00. The van der Waals surface area contributed by atoms with Crippen molar-refractivity contribution in [3.63, 3.8) is 0 Å². The van der Waals surface area contributed by atoms with Gasteiger partial charge in [0.05, 0.1) is 10.6 Å². The van der Waals surface area contributed by atoms with Crippen molar-refractivity contribution in [2.75, 3.05) is 18.5 Å². The van der Waals surface area contributed by atoms with Gasteiger partial charge in [0.2, 0.25) is 5.91 Å². The van der Waals surface area contributed by atoms with Crippen LogP contribution in [-0.2, 0) is 4.79 Å². The average Bonchev–Trinajstić information content (AvgIpc) is 2.25. The molecule has 0 unspecified atom stereocenters. The second-order valence-electron chi connectivity index (χ2n) is 4.20. The minimum absolute atomic E-state index is 0.00750. The van der Waals surface area contributed by atoms with Crippen LogP contribution in [0, 0.1) is 11.6 Å². The summed E-state index contributed by atoms with van der Waals surface area (Å²) < 4.78 is 26.9. The van der Waals surface area contributed by atoms with E-state index in [9.17, 15) is 13.6 Å². The van der Waals surface area contributed by atoms with Gasteiger partial charge in [-0.15, -0.1) is 11.8 Å². The zero-order chi connectivity index (χ0) is 13.9. The van der Waals surface area contributed by atoms with Crippen LogP contribution >= 0.6 is 11.8 Å². The molecule has 0 saturated carbocycles. The van der Waals surface area contributed by atoms with Crippen molar-refractivity contribution in [3.8, 4) is 0 Å². The lowest BCUT2D eigenvalue weighted by atomic mass is 10.3. The van der Waals surface area contributed by atoms with Crippen molar-refractivity contribution in [3.05, 3.63) is 23.8 Å². The molecule has 1 rings (SSSR count). The Morgan fingerprint density at radius 2 is 1.89 bits per heavy atom. The van der Waals surface area contributed by atoms with Gasteiger partial charge in [-0.05, 0) is 26.0 Å². The number of anilines is 1. The molecule has 0 heterocycles. The number of carbonyl (C=O) groups is 1. The Labute approximate surface area is 109 Å². The Kier molecular flexibility index (Phi) is 4.95. The predicted molar refractivity (Wildman–Crippen MR) is 69.4 cm³/mol. The summed E-state index contributed by atoms with van der Waals surface area (Å²) in [5, 5.41) is 0. The normalized spacial score (nSPS) is 10.8. The highest BCUT2D eigenvalue weighted by Crippen LogP contribution is 2.27.